The molecule has 3 rings (SSSR count). The molecule has 3 heteroatoms. The monoisotopic (exact) mass is 343 g/mol. The Morgan fingerprint density at radius 2 is 2.05 bits per heavy atom. The number of hydrogen-bond acceptors (Lipinski definition) is 2. The van der Waals surface area contributed by atoms with Gasteiger partial charge in [-0.3, -0.25) is 0 Å². The van der Waals surface area contributed by atoms with Gasteiger partial charge in [-0.2, -0.15) is 0 Å². The van der Waals surface area contributed by atoms with Crippen LogP contribution in [0.5, 0.6) is 5.75 Å². The van der Waals surface area contributed by atoms with Crippen LogP contribution in [0.1, 0.15) is 16.7 Å². The average Bonchev–Trinajstić information content (AvgIpc) is 2.96. The summed E-state index contributed by atoms with van der Waals surface area (Å²) in [6.07, 6.45) is 5.29. The maximum absolute atomic E-state index is 5.73. The molecule has 1 aliphatic rings. The van der Waals surface area contributed by atoms with E-state index in [1.807, 2.05) is 6.07 Å². The molecule has 1 heterocycles. The van der Waals surface area contributed by atoms with Crippen molar-refractivity contribution in [2.45, 2.75) is 13.0 Å². The Balaban J connectivity index is 1.56. The van der Waals surface area contributed by atoms with Gasteiger partial charge in [0.05, 0.1) is 6.61 Å². The molecule has 0 fully saturated rings. The van der Waals surface area contributed by atoms with Crippen LogP contribution in [0.2, 0.25) is 0 Å². The van der Waals surface area contributed by atoms with Gasteiger partial charge in [0.25, 0.3) is 0 Å². The van der Waals surface area contributed by atoms with Crippen LogP contribution in [0, 0.1) is 0 Å². The lowest BCUT2D eigenvalue weighted by molar-refractivity contribution is 0.352. The Morgan fingerprint density at radius 3 is 2.90 bits per heavy atom. The lowest BCUT2D eigenvalue weighted by atomic mass is 10.1. The van der Waals surface area contributed by atoms with E-state index < -0.39 is 0 Å². The summed E-state index contributed by atoms with van der Waals surface area (Å²) in [5.74, 6) is 1.07. The molecule has 0 bridgehead atoms. The highest BCUT2D eigenvalue weighted by molar-refractivity contribution is 9.10. The molecular weight excluding hydrogens is 326 g/mol. The van der Waals surface area contributed by atoms with Crippen LogP contribution >= 0.6 is 15.9 Å². The van der Waals surface area contributed by atoms with Crippen molar-refractivity contribution < 1.29 is 4.74 Å². The van der Waals surface area contributed by atoms with Crippen LogP contribution in [0.4, 0.5) is 0 Å². The molecule has 0 saturated carbocycles. The first kappa shape index (κ1) is 14.4. The van der Waals surface area contributed by atoms with Crippen molar-refractivity contribution in [3.63, 3.8) is 0 Å². The molecular formula is C18H18BrNO. The fourth-order valence-electron chi connectivity index (χ4n) is 2.53. The van der Waals surface area contributed by atoms with Crippen molar-refractivity contribution in [1.29, 1.82) is 0 Å². The van der Waals surface area contributed by atoms with E-state index in [0.29, 0.717) is 0 Å². The highest BCUT2D eigenvalue weighted by atomic mass is 79.9. The molecule has 2 nitrogen and oxygen atoms in total. The van der Waals surface area contributed by atoms with Crippen molar-refractivity contribution in [2.24, 2.45) is 0 Å². The zero-order valence-electron chi connectivity index (χ0n) is 11.8. The first-order valence-corrected chi connectivity index (χ1v) is 7.98. The summed E-state index contributed by atoms with van der Waals surface area (Å²) in [4.78, 5) is 0. The highest BCUT2D eigenvalue weighted by Crippen LogP contribution is 2.32. The second kappa shape index (κ2) is 6.92. The largest absolute Gasteiger partial charge is 0.493 e. The summed E-state index contributed by atoms with van der Waals surface area (Å²) in [5, 5.41) is 3.44. The van der Waals surface area contributed by atoms with Gasteiger partial charge in [0.15, 0.2) is 0 Å². The van der Waals surface area contributed by atoms with Gasteiger partial charge in [-0.1, -0.05) is 58.4 Å². The van der Waals surface area contributed by atoms with Gasteiger partial charge in [-0.05, 0) is 23.3 Å². The number of rotatable bonds is 5. The maximum atomic E-state index is 5.73. The Kier molecular flexibility index (Phi) is 4.73. The van der Waals surface area contributed by atoms with Crippen molar-refractivity contribution in [3.05, 3.63) is 69.7 Å². The Hall–Kier alpha value is -1.58. The van der Waals surface area contributed by atoms with Gasteiger partial charge in [-0.25, -0.2) is 0 Å². The van der Waals surface area contributed by atoms with Gasteiger partial charge in [0.1, 0.15) is 5.75 Å². The molecule has 0 saturated heterocycles. The first-order valence-electron chi connectivity index (χ1n) is 7.19. The quantitative estimate of drug-likeness (QED) is 0.822. The number of halogens is 1. The standard InChI is InChI=1S/C18H18BrNO/c19-17-11-15-8-10-21-18(15)16(12-17)13-20-9-4-7-14-5-2-1-3-6-14/h1-7,11-12,20H,8-10,13H2/b7-4+. The summed E-state index contributed by atoms with van der Waals surface area (Å²) >= 11 is 3.57. The molecule has 0 amide bonds. The van der Waals surface area contributed by atoms with E-state index in [4.69, 9.17) is 4.74 Å². The highest BCUT2D eigenvalue weighted by Gasteiger charge is 2.16. The Morgan fingerprint density at radius 1 is 1.19 bits per heavy atom. The molecule has 0 atom stereocenters. The van der Waals surface area contributed by atoms with E-state index in [2.05, 4.69) is 69.8 Å². The van der Waals surface area contributed by atoms with Gasteiger partial charge in [0, 0.05) is 29.5 Å². The number of ether oxygens (including phenoxy) is 1. The molecule has 2 aromatic rings. The summed E-state index contributed by atoms with van der Waals surface area (Å²) in [5.41, 5.74) is 3.76. The van der Waals surface area contributed by atoms with Crippen molar-refractivity contribution in [2.75, 3.05) is 13.2 Å². The molecule has 0 aliphatic carbocycles. The molecule has 0 spiro atoms. The SMILES string of the molecule is Brc1cc2c(c(CNC/C=C/c3ccccc3)c1)OCC2. The molecule has 1 N–H and O–H groups in total. The van der Waals surface area contributed by atoms with Gasteiger partial charge in [0.2, 0.25) is 0 Å². The summed E-state index contributed by atoms with van der Waals surface area (Å²) in [6.45, 7) is 2.46. The molecule has 0 aromatic heterocycles. The molecule has 1 aliphatic heterocycles. The molecule has 108 valence electrons. The second-order valence-corrected chi connectivity index (χ2v) is 6.01. The Bertz CT molecular complexity index is 637. The molecule has 0 unspecified atom stereocenters. The van der Waals surface area contributed by atoms with Crippen LogP contribution in [0.25, 0.3) is 6.08 Å². The average molecular weight is 344 g/mol. The van der Waals surface area contributed by atoms with Crippen molar-refractivity contribution >= 4 is 22.0 Å². The van der Waals surface area contributed by atoms with E-state index in [1.165, 1.54) is 16.7 Å². The third-order valence-corrected chi connectivity index (χ3v) is 3.97. The van der Waals surface area contributed by atoms with Crippen LogP contribution < -0.4 is 10.1 Å². The summed E-state index contributed by atoms with van der Waals surface area (Å²) in [6, 6.07) is 14.6. The van der Waals surface area contributed by atoms with E-state index in [0.717, 1.165) is 36.3 Å². The Labute approximate surface area is 134 Å². The molecule has 21 heavy (non-hydrogen) atoms. The zero-order chi connectivity index (χ0) is 14.5. The fourth-order valence-corrected chi connectivity index (χ4v) is 3.08. The minimum absolute atomic E-state index is 0.798. The zero-order valence-corrected chi connectivity index (χ0v) is 13.4. The van der Waals surface area contributed by atoms with Crippen LogP contribution in [-0.2, 0) is 13.0 Å². The lowest BCUT2D eigenvalue weighted by Gasteiger charge is -2.09. The van der Waals surface area contributed by atoms with E-state index >= 15 is 0 Å². The van der Waals surface area contributed by atoms with Crippen LogP contribution in [-0.4, -0.2) is 13.2 Å². The van der Waals surface area contributed by atoms with Crippen molar-refractivity contribution in [1.82, 2.24) is 5.32 Å². The lowest BCUT2D eigenvalue weighted by Crippen LogP contribution is -2.13. The van der Waals surface area contributed by atoms with Gasteiger partial charge < -0.3 is 10.1 Å². The minimum Gasteiger partial charge on any atom is -0.493 e. The first-order chi connectivity index (χ1) is 10.3. The fraction of sp³-hybridized carbons (Fsp3) is 0.222. The minimum atomic E-state index is 0.798. The predicted molar refractivity (Wildman–Crippen MR) is 90.5 cm³/mol. The van der Waals surface area contributed by atoms with Crippen LogP contribution in [0.3, 0.4) is 0 Å². The number of hydrogen-bond donors (Lipinski definition) is 1. The number of benzene rings is 2. The van der Waals surface area contributed by atoms with Gasteiger partial charge >= 0.3 is 0 Å². The normalized spacial score (nSPS) is 13.4. The predicted octanol–water partition coefficient (Wildman–Crippen LogP) is 4.19. The van der Waals surface area contributed by atoms with E-state index in [-0.39, 0.29) is 0 Å². The second-order valence-electron chi connectivity index (χ2n) is 5.10. The van der Waals surface area contributed by atoms with E-state index in [1.54, 1.807) is 0 Å². The molecule has 0 radical (unpaired) electrons. The van der Waals surface area contributed by atoms with Crippen LogP contribution in [0.15, 0.2) is 53.0 Å². The third kappa shape index (κ3) is 3.74. The smallest absolute Gasteiger partial charge is 0.127 e. The topological polar surface area (TPSA) is 21.3 Å². The summed E-state index contributed by atoms with van der Waals surface area (Å²) < 4.78 is 6.86. The third-order valence-electron chi connectivity index (χ3n) is 3.51. The summed E-state index contributed by atoms with van der Waals surface area (Å²) in [7, 11) is 0. The van der Waals surface area contributed by atoms with E-state index in [9.17, 15) is 0 Å². The number of nitrogens with one attached hydrogen (secondary N) is 1. The number of fused-ring (bicyclic) bond motifs is 1. The van der Waals surface area contributed by atoms with Gasteiger partial charge in [-0.15, -0.1) is 0 Å². The molecule has 2 aromatic carbocycles. The maximum Gasteiger partial charge on any atom is 0.127 e. The van der Waals surface area contributed by atoms with Crippen molar-refractivity contribution in [3.8, 4) is 5.75 Å².